The number of nitrogens with zero attached hydrogens (tertiary/aromatic N) is 1. The zero-order valence-corrected chi connectivity index (χ0v) is 9.25. The Kier molecular flexibility index (Phi) is 4.35. The normalized spacial score (nSPS) is 20.9. The van der Waals surface area contributed by atoms with Crippen LogP contribution in [0, 0.1) is 0 Å². The third-order valence-electron chi connectivity index (χ3n) is 2.39. The lowest BCUT2D eigenvalue weighted by Crippen LogP contribution is -2.50. The molecule has 4 heteroatoms. The van der Waals surface area contributed by atoms with Gasteiger partial charge in [0.1, 0.15) is 6.04 Å². The molecule has 0 aliphatic carbocycles. The summed E-state index contributed by atoms with van der Waals surface area (Å²) in [7, 11) is 0. The van der Waals surface area contributed by atoms with E-state index >= 15 is 0 Å². The fourth-order valence-corrected chi connectivity index (χ4v) is 1.55. The molecule has 1 heterocycles. The van der Waals surface area contributed by atoms with Crippen molar-refractivity contribution in [3.63, 3.8) is 0 Å². The number of hydrogen-bond acceptors (Lipinski definition) is 4. The van der Waals surface area contributed by atoms with Gasteiger partial charge in [-0.3, -0.25) is 9.69 Å². The summed E-state index contributed by atoms with van der Waals surface area (Å²) in [6.45, 7) is 9.43. The van der Waals surface area contributed by atoms with Gasteiger partial charge in [0.15, 0.2) is 0 Å². The molecule has 0 radical (unpaired) electrons. The van der Waals surface area contributed by atoms with Crippen molar-refractivity contribution >= 4 is 5.97 Å². The summed E-state index contributed by atoms with van der Waals surface area (Å²) < 4.78 is 5.16. The molecular weight excluding hydrogens is 180 g/mol. The molecule has 0 amide bonds. The number of carbonyl (C=O) groups is 1. The van der Waals surface area contributed by atoms with Crippen LogP contribution in [0.25, 0.3) is 0 Å². The van der Waals surface area contributed by atoms with Gasteiger partial charge in [-0.2, -0.15) is 0 Å². The quantitative estimate of drug-likeness (QED) is 0.662. The van der Waals surface area contributed by atoms with Crippen molar-refractivity contribution in [1.29, 1.82) is 0 Å². The first kappa shape index (κ1) is 11.5. The van der Waals surface area contributed by atoms with Crippen molar-refractivity contribution in [1.82, 2.24) is 10.2 Å². The molecule has 0 aromatic heterocycles. The Hall–Kier alpha value is -0.610. The summed E-state index contributed by atoms with van der Waals surface area (Å²) in [6, 6.07) is -0.112. The van der Waals surface area contributed by atoms with Gasteiger partial charge in [0.25, 0.3) is 0 Å². The molecule has 1 atom stereocenters. The van der Waals surface area contributed by atoms with Crippen LogP contribution in [0.3, 0.4) is 0 Å². The first-order valence-corrected chi connectivity index (χ1v) is 5.26. The summed E-state index contributed by atoms with van der Waals surface area (Å²) in [4.78, 5) is 13.7. The smallest absolute Gasteiger partial charge is 0.323 e. The van der Waals surface area contributed by atoms with E-state index in [4.69, 9.17) is 4.74 Å². The van der Waals surface area contributed by atoms with Gasteiger partial charge < -0.3 is 10.1 Å². The van der Waals surface area contributed by atoms with Gasteiger partial charge in [-0.15, -0.1) is 0 Å². The highest BCUT2D eigenvalue weighted by atomic mass is 16.5. The minimum Gasteiger partial charge on any atom is -0.462 e. The maximum Gasteiger partial charge on any atom is 0.323 e. The van der Waals surface area contributed by atoms with Crippen LogP contribution in [0.2, 0.25) is 0 Å². The number of piperazine rings is 1. The molecule has 1 aliphatic rings. The van der Waals surface area contributed by atoms with Gasteiger partial charge in [-0.05, 0) is 20.8 Å². The van der Waals surface area contributed by atoms with Crippen molar-refractivity contribution < 1.29 is 9.53 Å². The molecule has 0 unspecified atom stereocenters. The number of carbonyl (C=O) groups excluding carboxylic acids is 1. The van der Waals surface area contributed by atoms with Crippen LogP contribution in [0.15, 0.2) is 0 Å². The van der Waals surface area contributed by atoms with Gasteiger partial charge in [0.2, 0.25) is 0 Å². The zero-order valence-electron chi connectivity index (χ0n) is 9.25. The highest BCUT2D eigenvalue weighted by Crippen LogP contribution is 2.04. The van der Waals surface area contributed by atoms with Crippen LogP contribution in [-0.2, 0) is 9.53 Å². The standard InChI is InChI=1S/C10H20N2O2/c1-8(2)14-10(13)9(3)12-6-4-11-5-7-12/h8-9,11H,4-7H2,1-3H3/t9-/m1/s1. The summed E-state index contributed by atoms with van der Waals surface area (Å²) in [5, 5.41) is 3.26. The van der Waals surface area contributed by atoms with E-state index in [-0.39, 0.29) is 18.1 Å². The average molecular weight is 200 g/mol. The van der Waals surface area contributed by atoms with Crippen LogP contribution >= 0.6 is 0 Å². The molecular formula is C10H20N2O2. The van der Waals surface area contributed by atoms with Crippen LogP contribution in [0.5, 0.6) is 0 Å². The topological polar surface area (TPSA) is 41.6 Å². The van der Waals surface area contributed by atoms with Crippen LogP contribution in [0.1, 0.15) is 20.8 Å². The van der Waals surface area contributed by atoms with Gasteiger partial charge in [-0.25, -0.2) is 0 Å². The highest BCUT2D eigenvalue weighted by molar-refractivity contribution is 5.75. The van der Waals surface area contributed by atoms with Gasteiger partial charge in [-0.1, -0.05) is 0 Å². The molecule has 0 aromatic rings. The Bertz CT molecular complexity index is 189. The second-order valence-corrected chi connectivity index (χ2v) is 3.95. The van der Waals surface area contributed by atoms with Crippen molar-refractivity contribution in [2.24, 2.45) is 0 Å². The molecule has 0 saturated carbocycles. The first-order valence-electron chi connectivity index (χ1n) is 5.26. The number of rotatable bonds is 3. The molecule has 14 heavy (non-hydrogen) atoms. The van der Waals surface area contributed by atoms with Gasteiger partial charge >= 0.3 is 5.97 Å². The number of ether oxygens (including phenoxy) is 1. The van der Waals surface area contributed by atoms with Gasteiger partial charge in [0, 0.05) is 26.2 Å². The van der Waals surface area contributed by atoms with Crippen molar-refractivity contribution in [2.75, 3.05) is 26.2 Å². The van der Waals surface area contributed by atoms with E-state index < -0.39 is 0 Å². The number of hydrogen-bond donors (Lipinski definition) is 1. The molecule has 0 spiro atoms. The molecule has 1 rings (SSSR count). The Morgan fingerprint density at radius 3 is 2.36 bits per heavy atom. The third-order valence-corrected chi connectivity index (χ3v) is 2.39. The highest BCUT2D eigenvalue weighted by Gasteiger charge is 2.24. The van der Waals surface area contributed by atoms with Crippen molar-refractivity contribution in [3.05, 3.63) is 0 Å². The monoisotopic (exact) mass is 200 g/mol. The molecule has 1 N–H and O–H groups in total. The SMILES string of the molecule is CC(C)OC(=O)[C@@H](C)N1CCNCC1. The minimum absolute atomic E-state index is 0.0205. The Balaban J connectivity index is 2.38. The largest absolute Gasteiger partial charge is 0.462 e. The molecule has 82 valence electrons. The zero-order chi connectivity index (χ0) is 10.6. The minimum atomic E-state index is -0.112. The first-order chi connectivity index (χ1) is 6.61. The van der Waals surface area contributed by atoms with E-state index in [0.717, 1.165) is 26.2 Å². The second kappa shape index (κ2) is 5.32. The molecule has 1 fully saturated rings. The van der Waals surface area contributed by atoms with E-state index in [1.165, 1.54) is 0 Å². The van der Waals surface area contributed by atoms with Crippen molar-refractivity contribution in [3.8, 4) is 0 Å². The number of nitrogens with one attached hydrogen (secondary N) is 1. The fraction of sp³-hybridized carbons (Fsp3) is 0.900. The molecule has 4 nitrogen and oxygen atoms in total. The van der Waals surface area contributed by atoms with E-state index in [2.05, 4.69) is 10.2 Å². The molecule has 0 bridgehead atoms. The maximum absolute atomic E-state index is 11.6. The maximum atomic E-state index is 11.6. The lowest BCUT2D eigenvalue weighted by Gasteiger charge is -2.31. The predicted octanol–water partition coefficient (Wildman–Crippen LogP) is 0.232. The van der Waals surface area contributed by atoms with E-state index in [1.54, 1.807) is 0 Å². The lowest BCUT2D eigenvalue weighted by atomic mass is 10.2. The second-order valence-electron chi connectivity index (χ2n) is 3.95. The number of esters is 1. The third kappa shape index (κ3) is 3.27. The Morgan fingerprint density at radius 2 is 1.86 bits per heavy atom. The summed E-state index contributed by atoms with van der Waals surface area (Å²) in [6.07, 6.45) is -0.0205. The van der Waals surface area contributed by atoms with E-state index in [0.29, 0.717) is 0 Å². The summed E-state index contributed by atoms with van der Waals surface area (Å²) >= 11 is 0. The molecule has 1 saturated heterocycles. The van der Waals surface area contributed by atoms with Crippen LogP contribution in [0.4, 0.5) is 0 Å². The van der Waals surface area contributed by atoms with Crippen LogP contribution < -0.4 is 5.32 Å². The average Bonchev–Trinajstić information content (AvgIpc) is 2.17. The predicted molar refractivity (Wildman–Crippen MR) is 55.1 cm³/mol. The van der Waals surface area contributed by atoms with Gasteiger partial charge in [0.05, 0.1) is 6.10 Å². The lowest BCUT2D eigenvalue weighted by molar-refractivity contribution is -0.153. The van der Waals surface area contributed by atoms with Crippen LogP contribution in [-0.4, -0.2) is 49.2 Å². The van der Waals surface area contributed by atoms with E-state index in [1.807, 2.05) is 20.8 Å². The molecule has 1 aliphatic heterocycles. The molecule has 0 aromatic carbocycles. The Labute approximate surface area is 85.6 Å². The summed E-state index contributed by atoms with van der Waals surface area (Å²) in [5.74, 6) is -0.109. The van der Waals surface area contributed by atoms with E-state index in [9.17, 15) is 4.79 Å². The fourth-order valence-electron chi connectivity index (χ4n) is 1.55. The van der Waals surface area contributed by atoms with Crippen molar-refractivity contribution in [2.45, 2.75) is 32.9 Å². The summed E-state index contributed by atoms with van der Waals surface area (Å²) in [5.41, 5.74) is 0. The Morgan fingerprint density at radius 1 is 1.29 bits per heavy atom.